The van der Waals surface area contributed by atoms with Crippen LogP contribution in [-0.2, 0) is 20.7 Å². The van der Waals surface area contributed by atoms with Gasteiger partial charge in [-0.05, 0) is 56.2 Å². The van der Waals surface area contributed by atoms with E-state index in [4.69, 9.17) is 4.74 Å². The van der Waals surface area contributed by atoms with Gasteiger partial charge in [-0.1, -0.05) is 50.6 Å². The molecule has 0 aliphatic carbocycles. The Labute approximate surface area is 223 Å². The Morgan fingerprint density at radius 1 is 1.22 bits per heavy atom. The highest BCUT2D eigenvalue weighted by atomic mass is 32.1. The number of benzene rings is 1. The van der Waals surface area contributed by atoms with Crippen molar-refractivity contribution in [2.45, 2.75) is 91.7 Å². The van der Waals surface area contributed by atoms with Gasteiger partial charge in [0, 0.05) is 37.2 Å². The number of esters is 1. The van der Waals surface area contributed by atoms with Crippen molar-refractivity contribution in [3.63, 3.8) is 0 Å². The predicted molar refractivity (Wildman–Crippen MR) is 147 cm³/mol. The normalized spacial score (nSPS) is 27.9. The fourth-order valence-corrected chi connectivity index (χ4v) is 6.08. The third-order valence-electron chi connectivity index (χ3n) is 7.59. The number of Topliss-reactive ketones (excluding diaryl/α,β-unsaturated/α-hetero) is 1. The second-order valence-electron chi connectivity index (χ2n) is 11.1. The lowest BCUT2D eigenvalue weighted by Gasteiger charge is -2.30. The van der Waals surface area contributed by atoms with Crippen LogP contribution in [0, 0.1) is 22.2 Å². The number of ketones is 1. The lowest BCUT2D eigenvalue weighted by molar-refractivity contribution is -0.150. The number of carbonyl (C=O) groups excluding carboxylic acids is 2. The Balaban J connectivity index is 1.88. The summed E-state index contributed by atoms with van der Waals surface area (Å²) in [6, 6.07) is 5.37. The minimum atomic E-state index is -0.771. The second-order valence-corrected chi connectivity index (χ2v) is 12.2. The molecule has 3 rings (SSSR count). The first-order valence-electron chi connectivity index (χ1n) is 13.3. The summed E-state index contributed by atoms with van der Waals surface area (Å²) in [7, 11) is 0. The van der Waals surface area contributed by atoms with Gasteiger partial charge >= 0.3 is 5.97 Å². The van der Waals surface area contributed by atoms with Crippen molar-refractivity contribution in [2.24, 2.45) is 22.4 Å². The van der Waals surface area contributed by atoms with Crippen LogP contribution in [0.25, 0.3) is 10.2 Å². The van der Waals surface area contributed by atoms with Crippen molar-refractivity contribution in [1.29, 1.82) is 0 Å². The maximum absolute atomic E-state index is 13.3. The molecule has 1 aliphatic rings. The zero-order valence-corrected chi connectivity index (χ0v) is 23.5. The van der Waals surface area contributed by atoms with E-state index in [1.165, 1.54) is 5.57 Å². The predicted octanol–water partition coefficient (Wildman–Crippen LogP) is 6.72. The molecule has 1 N–H and O–H groups in total. The van der Waals surface area contributed by atoms with Gasteiger partial charge in [-0.25, -0.2) is 4.98 Å². The van der Waals surface area contributed by atoms with Crippen LogP contribution in [0.15, 0.2) is 35.0 Å². The van der Waals surface area contributed by atoms with Crippen LogP contribution in [0.1, 0.15) is 89.8 Å². The summed E-state index contributed by atoms with van der Waals surface area (Å²) in [5, 5.41) is 13.5. The third-order valence-corrected chi connectivity index (χ3v) is 8.69. The maximum Gasteiger partial charge on any atom is 0.306 e. The smallest absolute Gasteiger partial charge is 0.306 e. The first kappa shape index (κ1) is 29.1. The van der Waals surface area contributed by atoms with E-state index in [9.17, 15) is 19.6 Å². The Bertz CT molecular complexity index is 1140. The van der Waals surface area contributed by atoms with Gasteiger partial charge in [-0.3, -0.25) is 9.59 Å². The molecule has 37 heavy (non-hydrogen) atoms. The number of nitrogens with zero attached hydrogens (tertiary/aromatic N) is 2. The first-order valence-corrected chi connectivity index (χ1v) is 14.1. The van der Waals surface area contributed by atoms with Crippen LogP contribution in [0.4, 0.5) is 0 Å². The molecule has 4 atom stereocenters. The average molecular weight is 529 g/mol. The lowest BCUT2D eigenvalue weighted by Crippen LogP contribution is -2.38. The molecule has 0 saturated carbocycles. The third kappa shape index (κ3) is 7.54. The number of hydrogen-bond donors (Lipinski definition) is 1. The number of ether oxygens (including phenoxy) is 1. The largest absolute Gasteiger partial charge is 0.457 e. The number of thiazole rings is 1. The van der Waals surface area contributed by atoms with Gasteiger partial charge < -0.3 is 9.84 Å². The molecule has 0 fully saturated rings. The molecule has 7 nitrogen and oxygen atoms in total. The van der Waals surface area contributed by atoms with E-state index in [0.717, 1.165) is 40.1 Å². The Morgan fingerprint density at radius 3 is 2.68 bits per heavy atom. The average Bonchev–Trinajstić information content (AvgIpc) is 3.26. The van der Waals surface area contributed by atoms with Crippen LogP contribution in [0.3, 0.4) is 0 Å². The molecule has 1 aliphatic heterocycles. The zero-order valence-electron chi connectivity index (χ0n) is 22.7. The van der Waals surface area contributed by atoms with Crippen LogP contribution in [0.2, 0.25) is 0 Å². The van der Waals surface area contributed by atoms with Crippen LogP contribution in [0.5, 0.6) is 0 Å². The van der Waals surface area contributed by atoms with Gasteiger partial charge in [0.15, 0.2) is 0 Å². The van der Waals surface area contributed by atoms with Crippen LogP contribution >= 0.6 is 11.3 Å². The zero-order chi connectivity index (χ0) is 27.2. The summed E-state index contributed by atoms with van der Waals surface area (Å²) in [6.07, 6.45) is 5.75. The molecule has 0 saturated heterocycles. The van der Waals surface area contributed by atoms with Crippen molar-refractivity contribution in [2.75, 3.05) is 6.61 Å². The van der Waals surface area contributed by atoms with Gasteiger partial charge in [0.25, 0.3) is 0 Å². The number of hydrogen-bond acceptors (Lipinski definition) is 8. The van der Waals surface area contributed by atoms with Crippen molar-refractivity contribution in [1.82, 2.24) is 4.98 Å². The van der Waals surface area contributed by atoms with Crippen LogP contribution in [-0.4, -0.2) is 34.5 Å². The minimum Gasteiger partial charge on any atom is -0.457 e. The fourth-order valence-electron chi connectivity index (χ4n) is 5.15. The number of rotatable bonds is 4. The molecule has 0 amide bonds. The fraction of sp³-hybridized carbons (Fsp3) is 0.621. The summed E-state index contributed by atoms with van der Waals surface area (Å²) < 4.78 is 7.01. The minimum absolute atomic E-state index is 0.00577. The van der Waals surface area contributed by atoms with Crippen molar-refractivity contribution < 1.29 is 19.4 Å². The molecule has 8 heteroatoms. The van der Waals surface area contributed by atoms with E-state index in [-0.39, 0.29) is 30.7 Å². The van der Waals surface area contributed by atoms with E-state index in [2.05, 4.69) is 23.2 Å². The Hall–Kier alpha value is -2.45. The molecule has 2 unspecified atom stereocenters. The number of aliphatic hydroxyl groups excluding tert-OH is 1. The number of fused-ring (bicyclic) bond motifs is 1. The van der Waals surface area contributed by atoms with Crippen molar-refractivity contribution in [3.8, 4) is 0 Å². The van der Waals surface area contributed by atoms with Crippen LogP contribution < -0.4 is 0 Å². The Kier molecular flexibility index (Phi) is 10.1. The number of nitroso groups, excluding NO2 is 1. The molecule has 2 heterocycles. The van der Waals surface area contributed by atoms with E-state index >= 15 is 0 Å². The number of aromatic nitrogens is 1. The molecular formula is C29H40N2O5S. The molecule has 0 spiro atoms. The maximum atomic E-state index is 13.3. The molecule has 0 bridgehead atoms. The van der Waals surface area contributed by atoms with E-state index < -0.39 is 23.5 Å². The highest BCUT2D eigenvalue weighted by Crippen LogP contribution is 2.34. The summed E-state index contributed by atoms with van der Waals surface area (Å²) in [5.41, 5.74) is 2.14. The highest BCUT2D eigenvalue weighted by molar-refractivity contribution is 7.18. The molecule has 0 radical (unpaired) electrons. The van der Waals surface area contributed by atoms with Gasteiger partial charge in [0.1, 0.15) is 17.9 Å². The first-order chi connectivity index (χ1) is 17.6. The molecule has 1 aromatic carbocycles. The molecule has 1 aromatic heterocycles. The van der Waals surface area contributed by atoms with Gasteiger partial charge in [0.2, 0.25) is 0 Å². The van der Waals surface area contributed by atoms with E-state index in [1.807, 2.05) is 39.0 Å². The van der Waals surface area contributed by atoms with Crippen molar-refractivity contribution >= 4 is 33.3 Å². The summed E-state index contributed by atoms with van der Waals surface area (Å²) >= 11 is 1.56. The molecule has 202 valence electrons. The number of allylic oxidation sites excluding steroid dienone is 1. The Morgan fingerprint density at radius 2 is 1.97 bits per heavy atom. The molecule has 2 aromatic rings. The SMILES string of the molecule is C/C1=C/CC(c2ccc3sc(CCO)nc3c2)OC(=O)CCC(C)(C)C(=O)[C@H](C)C(N=O)[C@@H](C)CCC1. The lowest BCUT2D eigenvalue weighted by atomic mass is 9.73. The summed E-state index contributed by atoms with van der Waals surface area (Å²) in [5.74, 6) is -0.888. The summed E-state index contributed by atoms with van der Waals surface area (Å²) in [4.78, 5) is 42.6. The topological polar surface area (TPSA) is 106 Å². The number of cyclic esters (lactones) is 1. The van der Waals surface area contributed by atoms with Gasteiger partial charge in [0.05, 0.1) is 15.2 Å². The monoisotopic (exact) mass is 528 g/mol. The van der Waals surface area contributed by atoms with Crippen molar-refractivity contribution in [3.05, 3.63) is 45.3 Å². The quantitative estimate of drug-likeness (QED) is 0.268. The summed E-state index contributed by atoms with van der Waals surface area (Å²) in [6.45, 7) is 9.58. The second kappa shape index (κ2) is 12.9. The molecular weight excluding hydrogens is 488 g/mol. The van der Waals surface area contributed by atoms with E-state index in [0.29, 0.717) is 19.3 Å². The number of aliphatic hydroxyl groups is 1. The highest BCUT2D eigenvalue weighted by Gasteiger charge is 2.38. The standard InChI is InChI=1S/C29H40N2O5S/c1-18-7-6-8-19(2)27(31-35)20(3)28(34)29(4,5)15-13-26(33)36-23(11-9-18)21-10-12-24-22(17-21)30-25(37-24)14-16-32/h9-10,12,17,19-20,23,27,32H,6-8,11,13-16H2,1-5H3/b18-9-/t19-,20+,23?,27?/m0/s1. The number of carbonyl (C=O) groups is 2. The van der Waals surface area contributed by atoms with Gasteiger partial charge in [-0.2, -0.15) is 4.91 Å². The van der Waals surface area contributed by atoms with Gasteiger partial charge in [-0.15, -0.1) is 11.3 Å². The van der Waals surface area contributed by atoms with E-state index in [1.54, 1.807) is 18.3 Å².